The van der Waals surface area contributed by atoms with Crippen LogP contribution < -0.4 is 0 Å². The van der Waals surface area contributed by atoms with Crippen molar-refractivity contribution in [3.8, 4) is 0 Å². The second-order valence-electron chi connectivity index (χ2n) is 4.42. The summed E-state index contributed by atoms with van der Waals surface area (Å²) in [5, 5.41) is 9.40. The van der Waals surface area contributed by atoms with Crippen molar-refractivity contribution in [1.29, 1.82) is 0 Å². The van der Waals surface area contributed by atoms with E-state index in [0.29, 0.717) is 26.2 Å². The molecular weight excluding hydrogens is 222 g/mol. The van der Waals surface area contributed by atoms with E-state index in [0.717, 1.165) is 0 Å². The third-order valence-electron chi connectivity index (χ3n) is 3.26. The van der Waals surface area contributed by atoms with E-state index in [1.807, 2.05) is 18.7 Å². The van der Waals surface area contributed by atoms with Crippen LogP contribution in [0.2, 0.25) is 0 Å². The normalized spacial score (nSPS) is 16.8. The van der Waals surface area contributed by atoms with Crippen molar-refractivity contribution < 1.29 is 19.4 Å². The maximum absolute atomic E-state index is 11.4. The second-order valence-corrected chi connectivity index (χ2v) is 4.42. The van der Waals surface area contributed by atoms with Crippen LogP contribution in [0.4, 0.5) is 0 Å². The molecule has 5 heteroatoms. The molecule has 0 radical (unpaired) electrons. The predicted octanol–water partition coefficient (Wildman–Crippen LogP) is 1.22. The van der Waals surface area contributed by atoms with Crippen molar-refractivity contribution in [2.45, 2.75) is 38.8 Å². The van der Waals surface area contributed by atoms with Gasteiger partial charge in [-0.05, 0) is 20.3 Å². The molecule has 0 aliphatic heterocycles. The van der Waals surface area contributed by atoms with Gasteiger partial charge in [0.2, 0.25) is 0 Å². The van der Waals surface area contributed by atoms with Gasteiger partial charge in [0.25, 0.3) is 0 Å². The quantitative estimate of drug-likeness (QED) is 0.664. The lowest BCUT2D eigenvalue weighted by Gasteiger charge is -2.41. The molecule has 2 unspecified atom stereocenters. The summed E-state index contributed by atoms with van der Waals surface area (Å²) in [7, 11) is 3.23. The van der Waals surface area contributed by atoms with Crippen molar-refractivity contribution in [3.63, 3.8) is 0 Å². The van der Waals surface area contributed by atoms with Gasteiger partial charge in [0.1, 0.15) is 5.54 Å². The molecule has 5 nitrogen and oxygen atoms in total. The van der Waals surface area contributed by atoms with Crippen LogP contribution in [0.25, 0.3) is 0 Å². The monoisotopic (exact) mass is 247 g/mol. The summed E-state index contributed by atoms with van der Waals surface area (Å²) in [4.78, 5) is 13.4. The number of carboxylic acids is 1. The van der Waals surface area contributed by atoms with Crippen LogP contribution >= 0.6 is 0 Å². The van der Waals surface area contributed by atoms with Crippen molar-refractivity contribution in [1.82, 2.24) is 4.90 Å². The van der Waals surface area contributed by atoms with Crippen molar-refractivity contribution in [2.75, 3.05) is 34.0 Å². The average molecular weight is 247 g/mol. The molecule has 1 N–H and O–H groups in total. The van der Waals surface area contributed by atoms with E-state index >= 15 is 0 Å². The summed E-state index contributed by atoms with van der Waals surface area (Å²) in [5.41, 5.74) is -0.878. The van der Waals surface area contributed by atoms with Gasteiger partial charge < -0.3 is 14.6 Å². The highest BCUT2D eigenvalue weighted by atomic mass is 16.5. The number of hydrogen-bond acceptors (Lipinski definition) is 4. The summed E-state index contributed by atoms with van der Waals surface area (Å²) in [5.74, 6) is -0.806. The van der Waals surface area contributed by atoms with Gasteiger partial charge >= 0.3 is 5.97 Å². The van der Waals surface area contributed by atoms with E-state index < -0.39 is 11.5 Å². The minimum Gasteiger partial charge on any atom is -0.480 e. The Bertz CT molecular complexity index is 235. The first kappa shape index (κ1) is 16.4. The summed E-state index contributed by atoms with van der Waals surface area (Å²) >= 11 is 0. The first-order chi connectivity index (χ1) is 7.93. The largest absolute Gasteiger partial charge is 0.480 e. The number of methoxy groups -OCH3 is 2. The molecule has 0 heterocycles. The first-order valence-corrected chi connectivity index (χ1v) is 5.92. The van der Waals surface area contributed by atoms with Crippen LogP contribution in [0.3, 0.4) is 0 Å². The smallest absolute Gasteiger partial charge is 0.323 e. The number of carbonyl (C=O) groups is 1. The number of ether oxygens (including phenoxy) is 2. The zero-order valence-corrected chi connectivity index (χ0v) is 11.5. The third-order valence-corrected chi connectivity index (χ3v) is 3.26. The molecule has 0 fully saturated rings. The molecule has 0 amide bonds. The maximum atomic E-state index is 11.4. The van der Waals surface area contributed by atoms with E-state index in [-0.39, 0.29) is 6.04 Å². The molecule has 0 aromatic rings. The molecule has 0 spiro atoms. The Morgan fingerprint density at radius 3 is 2.35 bits per heavy atom. The molecule has 0 bridgehead atoms. The summed E-state index contributed by atoms with van der Waals surface area (Å²) < 4.78 is 10.2. The average Bonchev–Trinajstić information content (AvgIpc) is 2.29. The van der Waals surface area contributed by atoms with Crippen LogP contribution in [0.5, 0.6) is 0 Å². The van der Waals surface area contributed by atoms with Gasteiger partial charge in [0.05, 0.1) is 13.2 Å². The van der Waals surface area contributed by atoms with E-state index in [4.69, 9.17) is 9.47 Å². The number of nitrogens with zero attached hydrogens (tertiary/aromatic N) is 1. The predicted molar refractivity (Wildman–Crippen MR) is 66.3 cm³/mol. The van der Waals surface area contributed by atoms with Crippen LogP contribution in [-0.4, -0.2) is 61.5 Å². The molecule has 0 saturated carbocycles. The van der Waals surface area contributed by atoms with Gasteiger partial charge in [-0.3, -0.25) is 9.69 Å². The van der Waals surface area contributed by atoms with Crippen LogP contribution in [0, 0.1) is 0 Å². The number of carboxylic acid groups (broad SMARTS) is 1. The number of hydrogen-bond donors (Lipinski definition) is 1. The SMILES string of the molecule is CCC(C)(C(=O)O)N(CCOC)C(C)COC. The fraction of sp³-hybridized carbons (Fsp3) is 0.917. The minimum atomic E-state index is -0.878. The molecule has 2 atom stereocenters. The van der Waals surface area contributed by atoms with Crippen molar-refractivity contribution in [3.05, 3.63) is 0 Å². The van der Waals surface area contributed by atoms with Gasteiger partial charge in [-0.25, -0.2) is 0 Å². The van der Waals surface area contributed by atoms with E-state index in [1.165, 1.54) is 0 Å². The Kier molecular flexibility index (Phi) is 7.34. The molecular formula is C12H25NO4. The van der Waals surface area contributed by atoms with Gasteiger partial charge in [-0.15, -0.1) is 0 Å². The maximum Gasteiger partial charge on any atom is 0.323 e. The van der Waals surface area contributed by atoms with E-state index in [1.54, 1.807) is 21.1 Å². The van der Waals surface area contributed by atoms with Gasteiger partial charge in [0.15, 0.2) is 0 Å². The fourth-order valence-corrected chi connectivity index (χ4v) is 1.95. The molecule has 0 saturated heterocycles. The lowest BCUT2D eigenvalue weighted by molar-refractivity contribution is -0.153. The zero-order valence-electron chi connectivity index (χ0n) is 11.5. The molecule has 0 aromatic carbocycles. The summed E-state index contributed by atoms with van der Waals surface area (Å²) in [6.07, 6.45) is 0.542. The second kappa shape index (κ2) is 7.63. The standard InChI is InChI=1S/C12H25NO4/c1-6-12(3,11(14)15)13(7-8-16-4)10(2)9-17-5/h10H,6-9H2,1-5H3,(H,14,15). The third kappa shape index (κ3) is 4.26. The number of aliphatic carboxylic acids is 1. The van der Waals surface area contributed by atoms with Gasteiger partial charge in [-0.1, -0.05) is 6.92 Å². The molecule has 0 aliphatic rings. The Morgan fingerprint density at radius 2 is 2.00 bits per heavy atom. The summed E-state index contributed by atoms with van der Waals surface area (Å²) in [6, 6.07) is 0.0381. The highest BCUT2D eigenvalue weighted by Crippen LogP contribution is 2.22. The number of rotatable bonds is 9. The Balaban J connectivity index is 4.92. The lowest BCUT2D eigenvalue weighted by atomic mass is 9.94. The lowest BCUT2D eigenvalue weighted by Crippen LogP contribution is -2.57. The molecule has 0 rings (SSSR count). The summed E-state index contributed by atoms with van der Waals surface area (Å²) in [6.45, 7) is 7.20. The highest BCUT2D eigenvalue weighted by Gasteiger charge is 2.39. The van der Waals surface area contributed by atoms with E-state index in [2.05, 4.69) is 0 Å². The van der Waals surface area contributed by atoms with Crippen LogP contribution in [0.15, 0.2) is 0 Å². The molecule has 0 aromatic heterocycles. The molecule has 0 aliphatic carbocycles. The van der Waals surface area contributed by atoms with Gasteiger partial charge in [-0.2, -0.15) is 0 Å². The Hall–Kier alpha value is -0.650. The van der Waals surface area contributed by atoms with E-state index in [9.17, 15) is 9.90 Å². The highest BCUT2D eigenvalue weighted by molar-refractivity contribution is 5.78. The topological polar surface area (TPSA) is 59.0 Å². The van der Waals surface area contributed by atoms with Crippen molar-refractivity contribution in [2.24, 2.45) is 0 Å². The minimum absolute atomic E-state index is 0.0381. The first-order valence-electron chi connectivity index (χ1n) is 5.92. The Morgan fingerprint density at radius 1 is 1.41 bits per heavy atom. The Labute approximate surface area is 104 Å². The fourth-order valence-electron chi connectivity index (χ4n) is 1.95. The van der Waals surface area contributed by atoms with Crippen molar-refractivity contribution >= 4 is 5.97 Å². The molecule has 102 valence electrons. The van der Waals surface area contributed by atoms with Crippen LogP contribution in [-0.2, 0) is 14.3 Å². The molecule has 17 heavy (non-hydrogen) atoms. The zero-order chi connectivity index (χ0) is 13.5. The van der Waals surface area contributed by atoms with Crippen LogP contribution in [0.1, 0.15) is 27.2 Å². The van der Waals surface area contributed by atoms with Gasteiger partial charge in [0, 0.05) is 26.8 Å².